The van der Waals surface area contributed by atoms with E-state index < -0.39 is 60.3 Å². The smallest absolute Gasteiger partial charge is 0.460 e. The van der Waals surface area contributed by atoms with Crippen molar-refractivity contribution in [2.45, 2.75) is 42.2 Å². The zero-order valence-electron chi connectivity index (χ0n) is 14.9. The first kappa shape index (κ1) is 27.3. The molecule has 16 heteroatoms. The molecule has 1 aromatic carbocycles. The quantitative estimate of drug-likeness (QED) is 0.338. The number of hydrogen-bond donors (Lipinski definition) is 0. The Morgan fingerprint density at radius 1 is 0.812 bits per heavy atom. The molecule has 180 valence electrons. The topological polar surface area (TPSA) is 50.1 Å². The molecule has 0 aliphatic heterocycles. The second-order valence-corrected chi connectivity index (χ2v) is 6.08. The summed E-state index contributed by atoms with van der Waals surface area (Å²) in [4.78, 5) is 11.6. The van der Waals surface area contributed by atoms with Gasteiger partial charge in [-0.15, -0.1) is 0 Å². The molecule has 3 nitrogen and oxygen atoms in total. The average Bonchev–Trinajstić information content (AvgIpc) is 2.66. The van der Waals surface area contributed by atoms with Crippen LogP contribution in [0.15, 0.2) is 24.3 Å². The fraction of sp³-hybridized carbons (Fsp3) is 0.500. The minimum Gasteiger partial charge on any atom is -0.462 e. The molecule has 0 radical (unpaired) electrons. The van der Waals surface area contributed by atoms with Gasteiger partial charge in [-0.25, -0.2) is 4.79 Å². The summed E-state index contributed by atoms with van der Waals surface area (Å²) in [5.74, 6) is -39.0. The third-order valence-corrected chi connectivity index (χ3v) is 3.87. The number of ether oxygens (including phenoxy) is 1. The van der Waals surface area contributed by atoms with E-state index in [-0.39, 0.29) is 5.56 Å². The van der Waals surface area contributed by atoms with Gasteiger partial charge in [-0.3, -0.25) is 0 Å². The standard InChI is InChI=1S/C16H8F13NO2/c17-11(18,4-5-32-10(31)9-3-1-2-8(6-9)7-30)12(19,20)13(21,22)14(23,24)15(25,26)16(27,28)29/h1-3,6H,4-5H2. The van der Waals surface area contributed by atoms with Crippen LogP contribution in [-0.2, 0) is 4.74 Å². The summed E-state index contributed by atoms with van der Waals surface area (Å²) in [6.07, 6.45) is -10.1. The van der Waals surface area contributed by atoms with Gasteiger partial charge in [0.25, 0.3) is 0 Å². The number of hydrogen-bond acceptors (Lipinski definition) is 3. The van der Waals surface area contributed by atoms with Gasteiger partial charge in [-0.05, 0) is 18.2 Å². The maximum atomic E-state index is 13.6. The highest BCUT2D eigenvalue weighted by Crippen LogP contribution is 2.60. The molecule has 0 saturated heterocycles. The van der Waals surface area contributed by atoms with Crippen molar-refractivity contribution in [3.8, 4) is 6.07 Å². The predicted molar refractivity (Wildman–Crippen MR) is 76.8 cm³/mol. The van der Waals surface area contributed by atoms with Crippen LogP contribution in [0.1, 0.15) is 22.3 Å². The highest BCUT2D eigenvalue weighted by atomic mass is 19.4. The summed E-state index contributed by atoms with van der Waals surface area (Å²) >= 11 is 0. The lowest BCUT2D eigenvalue weighted by Gasteiger charge is -2.39. The van der Waals surface area contributed by atoms with E-state index in [2.05, 4.69) is 4.74 Å². The van der Waals surface area contributed by atoms with E-state index in [0.29, 0.717) is 0 Å². The van der Waals surface area contributed by atoms with Gasteiger partial charge < -0.3 is 4.74 Å². The van der Waals surface area contributed by atoms with E-state index >= 15 is 0 Å². The van der Waals surface area contributed by atoms with Crippen molar-refractivity contribution in [3.63, 3.8) is 0 Å². The molecule has 0 amide bonds. The van der Waals surface area contributed by atoms with Crippen molar-refractivity contribution < 1.29 is 66.6 Å². The number of carbonyl (C=O) groups is 1. The van der Waals surface area contributed by atoms with E-state index in [1.54, 1.807) is 6.07 Å². The van der Waals surface area contributed by atoms with Crippen LogP contribution in [0.4, 0.5) is 57.1 Å². The third kappa shape index (κ3) is 4.42. The molecule has 32 heavy (non-hydrogen) atoms. The Balaban J connectivity index is 3.08. The van der Waals surface area contributed by atoms with E-state index in [9.17, 15) is 61.9 Å². The normalized spacial score (nSPS) is 14.1. The van der Waals surface area contributed by atoms with Crippen LogP contribution in [-0.4, -0.2) is 48.4 Å². The van der Waals surface area contributed by atoms with Crippen molar-refractivity contribution in [2.75, 3.05) is 6.61 Å². The van der Waals surface area contributed by atoms with Gasteiger partial charge in [0.2, 0.25) is 0 Å². The van der Waals surface area contributed by atoms with Gasteiger partial charge in [-0.2, -0.15) is 62.3 Å². The molecule has 0 fully saturated rings. The van der Waals surface area contributed by atoms with Gasteiger partial charge in [0.15, 0.2) is 0 Å². The van der Waals surface area contributed by atoms with E-state index in [4.69, 9.17) is 5.26 Å². The largest absolute Gasteiger partial charge is 0.462 e. The van der Waals surface area contributed by atoms with Crippen LogP contribution >= 0.6 is 0 Å². The summed E-state index contributed by atoms with van der Waals surface area (Å²) in [7, 11) is 0. The van der Waals surface area contributed by atoms with Gasteiger partial charge in [0, 0.05) is 0 Å². The Labute approximate surface area is 169 Å². The molecule has 0 aliphatic rings. The lowest BCUT2D eigenvalue weighted by molar-refractivity contribution is -0.440. The molecule has 0 heterocycles. The van der Waals surface area contributed by atoms with Gasteiger partial charge in [0.1, 0.15) is 0 Å². The number of nitriles is 1. The Morgan fingerprint density at radius 3 is 1.78 bits per heavy atom. The fourth-order valence-electron chi connectivity index (χ4n) is 2.03. The molecule has 0 saturated carbocycles. The number of esters is 1. The third-order valence-electron chi connectivity index (χ3n) is 3.87. The van der Waals surface area contributed by atoms with E-state index in [1.807, 2.05) is 0 Å². The monoisotopic (exact) mass is 493 g/mol. The second-order valence-electron chi connectivity index (χ2n) is 6.08. The molecule has 0 bridgehead atoms. The van der Waals surface area contributed by atoms with Gasteiger partial charge in [-0.1, -0.05) is 6.07 Å². The summed E-state index contributed by atoms with van der Waals surface area (Å²) in [5.41, 5.74) is -0.649. The van der Waals surface area contributed by atoms with Crippen molar-refractivity contribution >= 4 is 5.97 Å². The molecule has 0 unspecified atom stereocenters. The van der Waals surface area contributed by atoms with Crippen LogP contribution in [0.25, 0.3) is 0 Å². The summed E-state index contributed by atoms with van der Waals surface area (Å²) in [5, 5.41) is 8.62. The van der Waals surface area contributed by atoms with Crippen LogP contribution in [0.2, 0.25) is 0 Å². The number of rotatable bonds is 8. The van der Waals surface area contributed by atoms with Crippen molar-refractivity contribution in [1.29, 1.82) is 5.26 Å². The fourth-order valence-corrected chi connectivity index (χ4v) is 2.03. The lowest BCUT2D eigenvalue weighted by atomic mass is 9.93. The van der Waals surface area contributed by atoms with Crippen molar-refractivity contribution in [3.05, 3.63) is 35.4 Å². The zero-order chi connectivity index (χ0) is 25.4. The van der Waals surface area contributed by atoms with Crippen LogP contribution < -0.4 is 0 Å². The summed E-state index contributed by atoms with van der Waals surface area (Å²) in [6.45, 7) is -1.87. The molecular weight excluding hydrogens is 485 g/mol. The van der Waals surface area contributed by atoms with Crippen LogP contribution in [0.5, 0.6) is 0 Å². The Hall–Kier alpha value is -2.73. The van der Waals surface area contributed by atoms with Crippen LogP contribution in [0.3, 0.4) is 0 Å². The minimum atomic E-state index is -7.99. The number of carbonyl (C=O) groups excluding carboxylic acids is 1. The highest BCUT2D eigenvalue weighted by molar-refractivity contribution is 5.89. The maximum absolute atomic E-state index is 13.6. The first-order chi connectivity index (χ1) is 14.2. The second kappa shape index (κ2) is 8.32. The zero-order valence-corrected chi connectivity index (χ0v) is 14.9. The summed E-state index contributed by atoms with van der Waals surface area (Å²) in [6, 6.07) is 5.61. The van der Waals surface area contributed by atoms with E-state index in [0.717, 1.165) is 18.2 Å². The molecule has 0 spiro atoms. The number of benzene rings is 1. The van der Waals surface area contributed by atoms with Gasteiger partial charge in [0.05, 0.1) is 30.2 Å². The predicted octanol–water partition coefficient (Wildman–Crippen LogP) is 5.84. The first-order valence-electron chi connectivity index (χ1n) is 7.80. The molecule has 0 N–H and O–H groups in total. The molecule has 1 rings (SSSR count). The number of halogens is 13. The molecule has 1 aromatic rings. The Bertz CT molecular complexity index is 887. The van der Waals surface area contributed by atoms with Crippen molar-refractivity contribution in [2.24, 2.45) is 0 Å². The number of alkyl halides is 13. The van der Waals surface area contributed by atoms with Crippen LogP contribution in [0, 0.1) is 11.3 Å². The minimum absolute atomic E-state index is 0.149. The summed E-state index contributed by atoms with van der Waals surface area (Å²) < 4.78 is 172. The van der Waals surface area contributed by atoms with Crippen molar-refractivity contribution in [1.82, 2.24) is 0 Å². The number of nitrogens with zero attached hydrogens (tertiary/aromatic N) is 1. The van der Waals surface area contributed by atoms with Gasteiger partial charge >= 0.3 is 41.8 Å². The Kier molecular flexibility index (Phi) is 7.10. The van der Waals surface area contributed by atoms with E-state index in [1.165, 1.54) is 6.07 Å². The molecule has 0 aromatic heterocycles. The lowest BCUT2D eigenvalue weighted by Crippen LogP contribution is -2.70. The first-order valence-corrected chi connectivity index (χ1v) is 7.80. The highest BCUT2D eigenvalue weighted by Gasteiger charge is 2.90. The maximum Gasteiger partial charge on any atom is 0.460 e. The molecule has 0 atom stereocenters. The Morgan fingerprint density at radius 2 is 1.31 bits per heavy atom. The molecule has 0 aliphatic carbocycles. The molecular formula is C16H8F13NO2. The average molecular weight is 493 g/mol. The SMILES string of the molecule is N#Cc1cccc(C(=O)OCCC(F)(F)C(F)(F)C(F)(F)C(F)(F)C(F)(F)C(F)(F)F)c1.